The number of thiol groups is 1. The zero-order valence-electron chi connectivity index (χ0n) is 6.86. The first-order valence-electron chi connectivity index (χ1n) is 3.08. The Labute approximate surface area is 58.6 Å². The van der Waals surface area contributed by atoms with Gasteiger partial charge in [-0.2, -0.15) is 0 Å². The van der Waals surface area contributed by atoms with Crippen LogP contribution in [0.5, 0.6) is 0 Å². The molecular formula is C6H17NOS. The maximum atomic E-state index is 11.5. The molecule has 0 spiro atoms. The Hall–Kier alpha value is 0.110. The predicted molar refractivity (Wildman–Crippen MR) is 44.3 cm³/mol. The van der Waals surface area contributed by atoms with Crippen molar-refractivity contribution in [3.63, 3.8) is 0 Å². The van der Waals surface area contributed by atoms with Gasteiger partial charge in [0.05, 0.1) is 0 Å². The molecule has 0 aromatic carbocycles. The summed E-state index contributed by atoms with van der Waals surface area (Å²) in [7, 11) is -0.365. The van der Waals surface area contributed by atoms with E-state index in [1.54, 1.807) is 13.3 Å². The summed E-state index contributed by atoms with van der Waals surface area (Å²) in [5.74, 6) is 0. The van der Waals surface area contributed by atoms with Crippen LogP contribution in [0.3, 0.4) is 0 Å². The monoisotopic (exact) mass is 151 g/mol. The maximum Gasteiger partial charge on any atom is 0.0266 e. The smallest absolute Gasteiger partial charge is 0.0266 e. The van der Waals surface area contributed by atoms with Crippen LogP contribution in [0.2, 0.25) is 0 Å². The Balaban J connectivity index is 4.35. The minimum absolute atomic E-state index is 0.109. The lowest BCUT2D eigenvalue weighted by Crippen LogP contribution is -2.43. The number of nitrogens with one attached hydrogen (secondary N) is 1. The molecule has 3 heteroatoms. The molecule has 58 valence electrons. The highest BCUT2D eigenvalue weighted by Gasteiger charge is 2.23. The lowest BCUT2D eigenvalue weighted by molar-refractivity contribution is 0.628. The quantitative estimate of drug-likeness (QED) is 0.527. The van der Waals surface area contributed by atoms with Gasteiger partial charge in [-0.1, -0.05) is 10.1 Å². The fourth-order valence-corrected chi connectivity index (χ4v) is 1.01. The minimum atomic E-state index is -2.11. The van der Waals surface area contributed by atoms with Crippen LogP contribution in [0.25, 0.3) is 0 Å². The van der Waals surface area contributed by atoms with Gasteiger partial charge < -0.3 is 0 Å². The van der Waals surface area contributed by atoms with Crippen LogP contribution in [-0.4, -0.2) is 22.3 Å². The Bertz CT molecular complexity index is 136. The Kier molecular flexibility index (Phi) is 2.41. The lowest BCUT2D eigenvalue weighted by Gasteiger charge is -2.32. The second-order valence-electron chi connectivity index (χ2n) is 3.32. The molecule has 0 atom stereocenters. The van der Waals surface area contributed by atoms with E-state index in [1.807, 2.05) is 20.8 Å². The SMILES string of the molecule is CN[SH](C)(=O)C(C)(C)C. The lowest BCUT2D eigenvalue weighted by atomic mass is 10.3. The Morgan fingerprint density at radius 2 is 1.67 bits per heavy atom. The molecule has 0 bridgehead atoms. The standard InChI is InChI=1S/C6H17NOS/c1-6(2,3)9(5,8)7-4/h9H,1-5H3,(H,7,8). The summed E-state index contributed by atoms with van der Waals surface area (Å²) in [6, 6.07) is 0. The summed E-state index contributed by atoms with van der Waals surface area (Å²) in [5.41, 5.74) is 0. The average molecular weight is 151 g/mol. The molecule has 0 fully saturated rings. The Morgan fingerprint density at radius 1 is 1.33 bits per heavy atom. The van der Waals surface area contributed by atoms with E-state index >= 15 is 0 Å². The molecule has 0 aliphatic carbocycles. The van der Waals surface area contributed by atoms with Gasteiger partial charge in [-0.25, -0.2) is 0 Å². The van der Waals surface area contributed by atoms with E-state index in [9.17, 15) is 4.21 Å². The minimum Gasteiger partial charge on any atom is -0.271 e. The van der Waals surface area contributed by atoms with E-state index in [1.165, 1.54) is 0 Å². The van der Waals surface area contributed by atoms with Crippen molar-refractivity contribution in [3.05, 3.63) is 0 Å². The molecule has 0 aromatic heterocycles. The second-order valence-corrected chi connectivity index (χ2v) is 6.96. The van der Waals surface area contributed by atoms with E-state index < -0.39 is 10.1 Å². The third-order valence-electron chi connectivity index (χ3n) is 1.71. The largest absolute Gasteiger partial charge is 0.271 e. The van der Waals surface area contributed by atoms with Crippen LogP contribution in [-0.2, 0) is 10.1 Å². The molecular weight excluding hydrogens is 134 g/mol. The van der Waals surface area contributed by atoms with Crippen LogP contribution < -0.4 is 4.72 Å². The molecule has 0 radical (unpaired) electrons. The van der Waals surface area contributed by atoms with Crippen molar-refractivity contribution in [3.8, 4) is 0 Å². The first-order valence-corrected chi connectivity index (χ1v) is 5.23. The molecule has 0 rings (SSSR count). The molecule has 0 unspecified atom stereocenters. The number of rotatable bonds is 1. The van der Waals surface area contributed by atoms with E-state index in [2.05, 4.69) is 4.72 Å². The van der Waals surface area contributed by atoms with Crippen molar-refractivity contribution in [1.82, 2.24) is 4.72 Å². The van der Waals surface area contributed by atoms with Crippen LogP contribution in [0.15, 0.2) is 0 Å². The van der Waals surface area contributed by atoms with Gasteiger partial charge in [-0.05, 0) is 27.8 Å². The molecule has 1 N–H and O–H groups in total. The van der Waals surface area contributed by atoms with Gasteiger partial charge in [-0.15, -0.1) is 0 Å². The summed E-state index contributed by atoms with van der Waals surface area (Å²) in [5, 5.41) is 0. The summed E-state index contributed by atoms with van der Waals surface area (Å²) in [6.45, 7) is 5.93. The van der Waals surface area contributed by atoms with Gasteiger partial charge in [0.25, 0.3) is 0 Å². The molecule has 9 heavy (non-hydrogen) atoms. The topological polar surface area (TPSA) is 29.1 Å². The van der Waals surface area contributed by atoms with Gasteiger partial charge in [0.1, 0.15) is 0 Å². The van der Waals surface area contributed by atoms with Crippen LogP contribution in [0, 0.1) is 0 Å². The normalized spacial score (nSPS) is 15.7. The molecule has 0 amide bonds. The van der Waals surface area contributed by atoms with Crippen LogP contribution in [0.1, 0.15) is 20.8 Å². The van der Waals surface area contributed by atoms with Crippen molar-refractivity contribution in [1.29, 1.82) is 0 Å². The van der Waals surface area contributed by atoms with Crippen LogP contribution in [0.4, 0.5) is 0 Å². The fourth-order valence-electron chi connectivity index (χ4n) is 0.335. The fraction of sp³-hybridized carbons (Fsp3) is 1.00. The summed E-state index contributed by atoms with van der Waals surface area (Å²) in [4.78, 5) is 0. The van der Waals surface area contributed by atoms with Crippen molar-refractivity contribution in [2.75, 3.05) is 13.3 Å². The molecule has 0 saturated carbocycles. The molecule has 0 aliphatic heterocycles. The van der Waals surface area contributed by atoms with E-state index in [-0.39, 0.29) is 4.75 Å². The van der Waals surface area contributed by atoms with Gasteiger partial charge in [0, 0.05) is 11.0 Å². The van der Waals surface area contributed by atoms with Gasteiger partial charge >= 0.3 is 0 Å². The van der Waals surface area contributed by atoms with Crippen molar-refractivity contribution >= 4 is 10.1 Å². The molecule has 0 saturated heterocycles. The zero-order valence-corrected chi connectivity index (χ0v) is 7.75. The Morgan fingerprint density at radius 3 is 1.67 bits per heavy atom. The number of hydrogen-bond donors (Lipinski definition) is 2. The first-order chi connectivity index (χ1) is 3.81. The summed E-state index contributed by atoms with van der Waals surface area (Å²) < 4.78 is 14.2. The van der Waals surface area contributed by atoms with E-state index in [0.29, 0.717) is 0 Å². The maximum absolute atomic E-state index is 11.5. The molecule has 0 aromatic rings. The summed E-state index contributed by atoms with van der Waals surface area (Å²) >= 11 is 0. The zero-order chi connectivity index (χ0) is 7.71. The molecule has 0 aliphatic rings. The molecule has 2 nitrogen and oxygen atoms in total. The highest BCUT2D eigenvalue weighted by Crippen LogP contribution is 2.17. The van der Waals surface area contributed by atoms with E-state index in [4.69, 9.17) is 0 Å². The van der Waals surface area contributed by atoms with Crippen molar-refractivity contribution in [2.24, 2.45) is 0 Å². The third kappa shape index (κ3) is 2.06. The van der Waals surface area contributed by atoms with Crippen LogP contribution >= 0.6 is 0 Å². The number of hydrogen-bond acceptors (Lipinski definition) is 1. The first kappa shape index (κ1) is 9.11. The van der Waals surface area contributed by atoms with Crippen molar-refractivity contribution < 1.29 is 4.21 Å². The highest BCUT2D eigenvalue weighted by atomic mass is 32.3. The third-order valence-corrected chi connectivity index (χ3v) is 5.12. The van der Waals surface area contributed by atoms with E-state index in [0.717, 1.165) is 0 Å². The molecule has 0 heterocycles. The second kappa shape index (κ2) is 2.39. The van der Waals surface area contributed by atoms with Gasteiger partial charge in [0.2, 0.25) is 0 Å². The average Bonchev–Trinajstić information content (AvgIpc) is 1.64. The van der Waals surface area contributed by atoms with Crippen molar-refractivity contribution in [2.45, 2.75) is 25.5 Å². The summed E-state index contributed by atoms with van der Waals surface area (Å²) in [6.07, 6.45) is 1.77. The van der Waals surface area contributed by atoms with Gasteiger partial charge in [-0.3, -0.25) is 8.93 Å². The predicted octanol–water partition coefficient (Wildman–Crippen LogP) is 0.566. The van der Waals surface area contributed by atoms with Gasteiger partial charge in [0.15, 0.2) is 0 Å². The highest BCUT2D eigenvalue weighted by molar-refractivity contribution is 8.01.